The highest BCUT2D eigenvalue weighted by molar-refractivity contribution is 5.70. The van der Waals surface area contributed by atoms with Crippen molar-refractivity contribution >= 4 is 11.7 Å². The Morgan fingerprint density at radius 1 is 1.47 bits per heavy atom. The molecule has 0 radical (unpaired) electrons. The first kappa shape index (κ1) is 13.5. The van der Waals surface area contributed by atoms with Gasteiger partial charge < -0.3 is 14.8 Å². The molecule has 0 saturated heterocycles. The Bertz CT molecular complexity index is 365. The quantitative estimate of drug-likeness (QED) is 0.609. The minimum atomic E-state index is -0.485. The van der Waals surface area contributed by atoms with E-state index in [-0.39, 0.29) is 5.97 Å². The average molecular weight is 237 g/mol. The highest BCUT2D eigenvalue weighted by Crippen LogP contribution is 2.09. The lowest BCUT2D eigenvalue weighted by Crippen LogP contribution is -2.18. The zero-order valence-corrected chi connectivity index (χ0v) is 10.5. The van der Waals surface area contributed by atoms with Gasteiger partial charge in [-0.3, -0.25) is 4.79 Å². The number of carbonyl (C=O) groups excluding carboxylic acids is 1. The largest absolute Gasteiger partial charge is 0.436 e. The fraction of sp³-hybridized carbons (Fsp3) is 0.462. The van der Waals surface area contributed by atoms with E-state index in [4.69, 9.17) is 9.47 Å². The molecule has 0 aromatic heterocycles. The number of anilines is 1. The Morgan fingerprint density at radius 3 is 2.88 bits per heavy atom. The molecule has 1 unspecified atom stereocenters. The molecule has 4 heteroatoms. The van der Waals surface area contributed by atoms with Crippen LogP contribution < -0.4 is 5.32 Å². The molecule has 0 amide bonds. The molecule has 0 aliphatic carbocycles. The lowest BCUT2D eigenvalue weighted by atomic mass is 10.2. The molecule has 0 bridgehead atoms. The molecule has 1 aromatic carbocycles. The van der Waals surface area contributed by atoms with Gasteiger partial charge in [0, 0.05) is 19.3 Å². The van der Waals surface area contributed by atoms with Crippen molar-refractivity contribution in [3.05, 3.63) is 29.8 Å². The first-order valence-electron chi connectivity index (χ1n) is 5.64. The predicted octanol–water partition coefficient (Wildman–Crippen LogP) is 2.33. The van der Waals surface area contributed by atoms with Gasteiger partial charge in [-0.05, 0) is 31.5 Å². The lowest BCUT2D eigenvalue weighted by Gasteiger charge is -2.11. The molecule has 4 nitrogen and oxygen atoms in total. The predicted molar refractivity (Wildman–Crippen MR) is 66.8 cm³/mol. The molecule has 0 aliphatic rings. The summed E-state index contributed by atoms with van der Waals surface area (Å²) in [6, 6.07) is 8.00. The van der Waals surface area contributed by atoms with Gasteiger partial charge in [-0.1, -0.05) is 12.1 Å². The van der Waals surface area contributed by atoms with Gasteiger partial charge in [0.15, 0.2) is 6.29 Å². The number of hydrogen-bond donors (Lipinski definition) is 1. The molecule has 1 rings (SSSR count). The molecule has 0 aliphatic heterocycles. The maximum atomic E-state index is 11.3. The van der Waals surface area contributed by atoms with Crippen LogP contribution in [0.3, 0.4) is 0 Å². The Kier molecular flexibility index (Phi) is 5.49. The molecule has 17 heavy (non-hydrogen) atoms. The number of hydrogen-bond acceptors (Lipinski definition) is 4. The van der Waals surface area contributed by atoms with E-state index in [1.54, 1.807) is 6.92 Å². The fourth-order valence-corrected chi connectivity index (χ4v) is 1.36. The number of carbonyl (C=O) groups is 1. The smallest absolute Gasteiger partial charge is 0.309 e. The van der Waals surface area contributed by atoms with Crippen LogP contribution in [0.25, 0.3) is 0 Å². The molecule has 0 fully saturated rings. The van der Waals surface area contributed by atoms with Gasteiger partial charge in [0.1, 0.15) is 0 Å². The highest BCUT2D eigenvalue weighted by Gasteiger charge is 2.07. The molecule has 1 aromatic rings. The number of rotatable bonds is 6. The van der Waals surface area contributed by atoms with Crippen molar-refractivity contribution in [3.63, 3.8) is 0 Å². The van der Waals surface area contributed by atoms with E-state index >= 15 is 0 Å². The van der Waals surface area contributed by atoms with Crippen molar-refractivity contribution in [1.29, 1.82) is 0 Å². The van der Waals surface area contributed by atoms with E-state index in [1.807, 2.05) is 31.2 Å². The standard InChI is InChI=1S/C13H19NO3/c1-10-5-4-6-12(9-10)14-8-7-13(15)17-11(2)16-3/h4-6,9,11,14H,7-8H2,1-3H3. The van der Waals surface area contributed by atoms with Crippen molar-refractivity contribution in [3.8, 4) is 0 Å². The number of aryl methyl sites for hydroxylation is 1. The second kappa shape index (κ2) is 6.91. The fourth-order valence-electron chi connectivity index (χ4n) is 1.36. The van der Waals surface area contributed by atoms with E-state index in [1.165, 1.54) is 12.7 Å². The van der Waals surface area contributed by atoms with E-state index in [2.05, 4.69) is 5.32 Å². The summed E-state index contributed by atoms with van der Waals surface area (Å²) in [6.07, 6.45) is -0.164. The summed E-state index contributed by atoms with van der Waals surface area (Å²) >= 11 is 0. The Labute approximate surface area is 102 Å². The molecular weight excluding hydrogens is 218 g/mol. The van der Waals surface area contributed by atoms with Gasteiger partial charge in [-0.15, -0.1) is 0 Å². The van der Waals surface area contributed by atoms with E-state index in [0.717, 1.165) is 5.69 Å². The molecular formula is C13H19NO3. The maximum Gasteiger partial charge on any atom is 0.309 e. The van der Waals surface area contributed by atoms with Crippen LogP contribution in [0.2, 0.25) is 0 Å². The Balaban J connectivity index is 2.26. The van der Waals surface area contributed by atoms with Gasteiger partial charge in [-0.2, -0.15) is 0 Å². The number of ether oxygens (including phenoxy) is 2. The number of benzene rings is 1. The highest BCUT2D eigenvalue weighted by atomic mass is 16.7. The van der Waals surface area contributed by atoms with Gasteiger partial charge in [0.25, 0.3) is 0 Å². The molecule has 94 valence electrons. The Hall–Kier alpha value is -1.55. The minimum absolute atomic E-state index is 0.264. The Morgan fingerprint density at radius 2 is 2.24 bits per heavy atom. The topological polar surface area (TPSA) is 47.6 Å². The zero-order chi connectivity index (χ0) is 12.7. The number of methoxy groups -OCH3 is 1. The first-order chi connectivity index (χ1) is 8.11. The van der Waals surface area contributed by atoms with E-state index in [9.17, 15) is 4.79 Å². The van der Waals surface area contributed by atoms with Crippen LogP contribution in [-0.2, 0) is 14.3 Å². The summed E-state index contributed by atoms with van der Waals surface area (Å²) in [5.74, 6) is -0.264. The summed E-state index contributed by atoms with van der Waals surface area (Å²) in [4.78, 5) is 11.3. The van der Waals surface area contributed by atoms with E-state index in [0.29, 0.717) is 13.0 Å². The van der Waals surface area contributed by atoms with Crippen LogP contribution in [0.5, 0.6) is 0 Å². The third kappa shape index (κ3) is 5.36. The molecule has 0 saturated carbocycles. The minimum Gasteiger partial charge on any atom is -0.436 e. The van der Waals surface area contributed by atoms with Crippen LogP contribution in [0.1, 0.15) is 18.9 Å². The SMILES string of the molecule is COC(C)OC(=O)CCNc1cccc(C)c1. The second-order valence-corrected chi connectivity index (χ2v) is 3.84. The summed E-state index contributed by atoms with van der Waals surface area (Å²) in [5.41, 5.74) is 2.20. The summed E-state index contributed by atoms with van der Waals surface area (Å²) in [5, 5.41) is 3.17. The first-order valence-corrected chi connectivity index (χ1v) is 5.64. The number of esters is 1. The van der Waals surface area contributed by atoms with Gasteiger partial charge >= 0.3 is 5.97 Å². The maximum absolute atomic E-state index is 11.3. The second-order valence-electron chi connectivity index (χ2n) is 3.84. The summed E-state index contributed by atoms with van der Waals surface area (Å²) < 4.78 is 9.80. The summed E-state index contributed by atoms with van der Waals surface area (Å²) in [7, 11) is 1.50. The van der Waals surface area contributed by atoms with Crippen molar-refractivity contribution in [2.75, 3.05) is 19.0 Å². The van der Waals surface area contributed by atoms with Crippen molar-refractivity contribution in [2.24, 2.45) is 0 Å². The van der Waals surface area contributed by atoms with E-state index < -0.39 is 6.29 Å². The van der Waals surface area contributed by atoms with Crippen LogP contribution >= 0.6 is 0 Å². The molecule has 1 atom stereocenters. The van der Waals surface area contributed by atoms with Crippen LogP contribution in [0.15, 0.2) is 24.3 Å². The summed E-state index contributed by atoms with van der Waals surface area (Å²) in [6.45, 7) is 4.27. The van der Waals surface area contributed by atoms with Gasteiger partial charge in [-0.25, -0.2) is 0 Å². The average Bonchev–Trinajstić information content (AvgIpc) is 2.29. The monoisotopic (exact) mass is 237 g/mol. The normalized spacial score (nSPS) is 11.9. The van der Waals surface area contributed by atoms with Gasteiger partial charge in [0.05, 0.1) is 6.42 Å². The van der Waals surface area contributed by atoms with Gasteiger partial charge in [0.2, 0.25) is 0 Å². The van der Waals surface area contributed by atoms with Crippen molar-refractivity contribution < 1.29 is 14.3 Å². The van der Waals surface area contributed by atoms with Crippen LogP contribution in [0.4, 0.5) is 5.69 Å². The van der Waals surface area contributed by atoms with Crippen molar-refractivity contribution in [1.82, 2.24) is 0 Å². The van der Waals surface area contributed by atoms with Crippen molar-refractivity contribution in [2.45, 2.75) is 26.6 Å². The third-order valence-corrected chi connectivity index (χ3v) is 2.31. The molecule has 0 spiro atoms. The number of nitrogens with one attached hydrogen (secondary N) is 1. The zero-order valence-electron chi connectivity index (χ0n) is 10.5. The lowest BCUT2D eigenvalue weighted by molar-refractivity contribution is -0.169. The molecule has 0 heterocycles. The molecule has 1 N–H and O–H groups in total. The third-order valence-electron chi connectivity index (χ3n) is 2.31. The van der Waals surface area contributed by atoms with Crippen LogP contribution in [-0.4, -0.2) is 25.9 Å². The van der Waals surface area contributed by atoms with Crippen LogP contribution in [0, 0.1) is 6.92 Å².